The van der Waals surface area contributed by atoms with Crippen LogP contribution in [0.4, 0.5) is 3.89 Å². The molecule has 74 valence electrons. The minimum absolute atomic E-state index is 0.275. The number of aliphatic hydroxyl groups is 1. The Hall–Kier alpha value is -1.38. The molecule has 1 aromatic carbocycles. The van der Waals surface area contributed by atoms with Crippen LogP contribution in [-0.4, -0.2) is 20.1 Å². The average Bonchev–Trinajstić information content (AvgIpc) is 2.14. The molecule has 0 aromatic heterocycles. The number of benzene rings is 1. The lowest BCUT2D eigenvalue weighted by Crippen LogP contribution is -1.91. The van der Waals surface area contributed by atoms with Crippen LogP contribution in [0.2, 0.25) is 0 Å². The SMILES string of the molecule is O=S(=O)(F)c1ccc(C#CCO)cc1. The topological polar surface area (TPSA) is 54.4 Å². The third-order valence-electron chi connectivity index (χ3n) is 1.45. The van der Waals surface area contributed by atoms with Gasteiger partial charge in [-0.25, -0.2) is 0 Å². The highest BCUT2D eigenvalue weighted by Crippen LogP contribution is 2.12. The van der Waals surface area contributed by atoms with Crippen molar-refractivity contribution in [3.8, 4) is 11.8 Å². The van der Waals surface area contributed by atoms with Crippen LogP contribution < -0.4 is 0 Å². The van der Waals surface area contributed by atoms with Crippen LogP contribution in [0.1, 0.15) is 5.56 Å². The number of hydrogen-bond acceptors (Lipinski definition) is 3. The minimum Gasteiger partial charge on any atom is -0.384 e. The standard InChI is InChI=1S/C9H7FO3S/c10-14(12,13)9-5-3-8(4-6-9)2-1-7-11/h3-6,11H,7H2. The van der Waals surface area contributed by atoms with E-state index in [0.29, 0.717) is 5.56 Å². The Labute approximate surface area is 81.4 Å². The molecule has 0 aliphatic heterocycles. The smallest absolute Gasteiger partial charge is 0.332 e. The van der Waals surface area contributed by atoms with Gasteiger partial charge in [0.2, 0.25) is 0 Å². The van der Waals surface area contributed by atoms with Crippen molar-refractivity contribution in [2.75, 3.05) is 6.61 Å². The molecule has 0 unspecified atom stereocenters. The molecule has 0 bridgehead atoms. The van der Waals surface area contributed by atoms with Gasteiger partial charge in [0.15, 0.2) is 0 Å². The molecule has 1 rings (SSSR count). The zero-order valence-electron chi connectivity index (χ0n) is 7.07. The summed E-state index contributed by atoms with van der Waals surface area (Å²) < 4.78 is 33.2. The lowest BCUT2D eigenvalue weighted by molar-refractivity contribution is 0.350. The van der Waals surface area contributed by atoms with E-state index in [1.54, 1.807) is 0 Å². The summed E-state index contributed by atoms with van der Waals surface area (Å²) in [5.74, 6) is 4.94. The van der Waals surface area contributed by atoms with Crippen molar-refractivity contribution >= 4 is 10.2 Å². The Morgan fingerprint density at radius 2 is 1.86 bits per heavy atom. The summed E-state index contributed by atoms with van der Waals surface area (Å²) in [6.07, 6.45) is 0. The highest BCUT2D eigenvalue weighted by molar-refractivity contribution is 7.86. The molecular weight excluding hydrogens is 207 g/mol. The van der Waals surface area contributed by atoms with E-state index < -0.39 is 15.1 Å². The van der Waals surface area contributed by atoms with Gasteiger partial charge in [0, 0.05) is 5.56 Å². The van der Waals surface area contributed by atoms with Gasteiger partial charge >= 0.3 is 10.2 Å². The van der Waals surface area contributed by atoms with Gasteiger partial charge in [0.25, 0.3) is 0 Å². The molecule has 5 heteroatoms. The number of rotatable bonds is 1. The molecule has 14 heavy (non-hydrogen) atoms. The van der Waals surface area contributed by atoms with Crippen LogP contribution in [0.5, 0.6) is 0 Å². The summed E-state index contributed by atoms with van der Waals surface area (Å²) in [6.45, 7) is -0.275. The van der Waals surface area contributed by atoms with E-state index >= 15 is 0 Å². The Balaban J connectivity index is 3.01. The molecule has 3 nitrogen and oxygen atoms in total. The molecule has 0 saturated carbocycles. The lowest BCUT2D eigenvalue weighted by atomic mass is 10.2. The first-order valence-electron chi connectivity index (χ1n) is 3.68. The second kappa shape index (κ2) is 4.22. The van der Waals surface area contributed by atoms with Crippen molar-refractivity contribution < 1.29 is 17.4 Å². The van der Waals surface area contributed by atoms with E-state index in [1.165, 1.54) is 12.1 Å². The van der Waals surface area contributed by atoms with Crippen molar-refractivity contribution in [1.82, 2.24) is 0 Å². The second-order valence-electron chi connectivity index (χ2n) is 2.42. The maximum atomic E-state index is 12.4. The fourth-order valence-electron chi connectivity index (χ4n) is 0.842. The molecule has 0 saturated heterocycles. The maximum Gasteiger partial charge on any atom is 0.332 e. The van der Waals surface area contributed by atoms with E-state index in [9.17, 15) is 12.3 Å². The monoisotopic (exact) mass is 214 g/mol. The van der Waals surface area contributed by atoms with Crippen LogP contribution in [0.3, 0.4) is 0 Å². The average molecular weight is 214 g/mol. The van der Waals surface area contributed by atoms with Gasteiger partial charge in [-0.2, -0.15) is 8.42 Å². The van der Waals surface area contributed by atoms with E-state index in [0.717, 1.165) is 12.1 Å². The van der Waals surface area contributed by atoms with Gasteiger partial charge in [0.1, 0.15) is 6.61 Å². The van der Waals surface area contributed by atoms with E-state index in [2.05, 4.69) is 11.8 Å². The molecule has 0 amide bonds. The summed E-state index contributed by atoms with van der Waals surface area (Å²) in [7, 11) is -4.64. The van der Waals surface area contributed by atoms with Gasteiger partial charge in [-0.3, -0.25) is 0 Å². The molecule has 0 atom stereocenters. The van der Waals surface area contributed by atoms with Gasteiger partial charge in [-0.05, 0) is 24.3 Å². The first-order valence-corrected chi connectivity index (χ1v) is 5.07. The van der Waals surface area contributed by atoms with Gasteiger partial charge in [-0.15, -0.1) is 3.89 Å². The second-order valence-corrected chi connectivity index (χ2v) is 3.77. The molecule has 0 spiro atoms. The highest BCUT2D eigenvalue weighted by Gasteiger charge is 2.09. The summed E-state index contributed by atoms with van der Waals surface area (Å²) >= 11 is 0. The molecule has 0 fully saturated rings. The first-order chi connectivity index (χ1) is 6.54. The van der Waals surface area contributed by atoms with Gasteiger partial charge in [-0.1, -0.05) is 11.8 Å². The summed E-state index contributed by atoms with van der Waals surface area (Å²) in [6, 6.07) is 4.98. The number of hydrogen-bond donors (Lipinski definition) is 1. The molecule has 0 radical (unpaired) electrons. The highest BCUT2D eigenvalue weighted by atomic mass is 32.3. The van der Waals surface area contributed by atoms with Crippen molar-refractivity contribution in [1.29, 1.82) is 0 Å². The van der Waals surface area contributed by atoms with Crippen molar-refractivity contribution in [2.45, 2.75) is 4.90 Å². The fourth-order valence-corrected chi connectivity index (χ4v) is 1.30. The summed E-state index contributed by atoms with van der Waals surface area (Å²) in [5.41, 5.74) is 0.520. The van der Waals surface area contributed by atoms with Crippen LogP contribution >= 0.6 is 0 Å². The Bertz CT molecular complexity index is 465. The Morgan fingerprint density at radius 3 is 2.29 bits per heavy atom. The maximum absolute atomic E-state index is 12.4. The molecule has 0 aliphatic rings. The predicted octanol–water partition coefficient (Wildman–Crippen LogP) is 0.689. The molecule has 0 heterocycles. The quantitative estimate of drug-likeness (QED) is 0.552. The predicted molar refractivity (Wildman–Crippen MR) is 48.7 cm³/mol. The van der Waals surface area contributed by atoms with E-state index in [1.807, 2.05) is 0 Å². The van der Waals surface area contributed by atoms with Crippen molar-refractivity contribution in [2.24, 2.45) is 0 Å². The molecular formula is C9H7FO3S. The van der Waals surface area contributed by atoms with Gasteiger partial charge in [0.05, 0.1) is 4.90 Å². The molecule has 0 aliphatic carbocycles. The summed E-state index contributed by atoms with van der Waals surface area (Å²) in [4.78, 5) is -0.396. The van der Waals surface area contributed by atoms with E-state index in [4.69, 9.17) is 5.11 Å². The Morgan fingerprint density at radius 1 is 1.29 bits per heavy atom. The van der Waals surface area contributed by atoms with Crippen molar-refractivity contribution in [3.05, 3.63) is 29.8 Å². The number of aliphatic hydroxyl groups excluding tert-OH is 1. The third kappa shape index (κ3) is 2.83. The van der Waals surface area contributed by atoms with Crippen LogP contribution in [0.15, 0.2) is 29.2 Å². The largest absolute Gasteiger partial charge is 0.384 e. The minimum atomic E-state index is -4.64. The number of halogens is 1. The van der Waals surface area contributed by atoms with Crippen molar-refractivity contribution in [3.63, 3.8) is 0 Å². The lowest BCUT2D eigenvalue weighted by Gasteiger charge is -1.93. The molecule has 1 aromatic rings. The third-order valence-corrected chi connectivity index (χ3v) is 2.28. The van der Waals surface area contributed by atoms with Crippen LogP contribution in [0.25, 0.3) is 0 Å². The molecule has 1 N–H and O–H groups in total. The normalized spacial score (nSPS) is 10.4. The van der Waals surface area contributed by atoms with Crippen LogP contribution in [0, 0.1) is 11.8 Å². The fraction of sp³-hybridized carbons (Fsp3) is 0.111. The van der Waals surface area contributed by atoms with Crippen LogP contribution in [-0.2, 0) is 10.2 Å². The Kier molecular flexibility index (Phi) is 3.23. The zero-order valence-corrected chi connectivity index (χ0v) is 7.88. The summed E-state index contributed by atoms with van der Waals surface area (Å²) in [5, 5.41) is 8.38. The van der Waals surface area contributed by atoms with Gasteiger partial charge < -0.3 is 5.11 Å². The first kappa shape index (κ1) is 10.7. The zero-order chi connectivity index (χ0) is 10.6. The van der Waals surface area contributed by atoms with E-state index in [-0.39, 0.29) is 6.61 Å².